The summed E-state index contributed by atoms with van der Waals surface area (Å²) in [4.78, 5) is 16.4. The molecule has 4 aromatic rings. The summed E-state index contributed by atoms with van der Waals surface area (Å²) in [6, 6.07) is 19.0. The van der Waals surface area contributed by atoms with Gasteiger partial charge in [0.25, 0.3) is 0 Å². The molecule has 26 heavy (non-hydrogen) atoms. The molecule has 0 radical (unpaired) electrons. The number of carbonyl (C=O) groups is 1. The van der Waals surface area contributed by atoms with E-state index < -0.39 is 0 Å². The van der Waals surface area contributed by atoms with Crippen molar-refractivity contribution in [1.29, 1.82) is 0 Å². The highest BCUT2D eigenvalue weighted by Gasteiger charge is 2.09. The molecule has 0 amide bonds. The SMILES string of the molecule is CCOC(=O)c1ccc(OCc2nc3ccccc3n3cccc23)cc1. The van der Waals surface area contributed by atoms with E-state index in [0.717, 1.165) is 22.2 Å². The molecule has 0 spiro atoms. The number of fused-ring (bicyclic) bond motifs is 3. The standard InChI is InChI=1S/C21H18N2O3/c1-2-25-21(24)15-9-11-16(12-10-15)26-14-18-20-8-5-13-23(20)19-7-4-3-6-17(19)22-18/h3-13H,2,14H2,1H3. The number of ether oxygens (including phenoxy) is 2. The lowest BCUT2D eigenvalue weighted by Gasteiger charge is -2.10. The fourth-order valence-electron chi connectivity index (χ4n) is 2.95. The van der Waals surface area contributed by atoms with Crippen molar-refractivity contribution in [2.75, 3.05) is 6.61 Å². The van der Waals surface area contributed by atoms with Gasteiger partial charge in [0, 0.05) is 6.20 Å². The van der Waals surface area contributed by atoms with E-state index in [1.807, 2.05) is 42.6 Å². The van der Waals surface area contributed by atoms with Crippen molar-refractivity contribution >= 4 is 22.5 Å². The molecule has 0 saturated carbocycles. The Kier molecular flexibility index (Phi) is 4.27. The van der Waals surface area contributed by atoms with Gasteiger partial charge in [-0.15, -0.1) is 0 Å². The average Bonchev–Trinajstić information content (AvgIpc) is 3.17. The summed E-state index contributed by atoms with van der Waals surface area (Å²) in [6.45, 7) is 2.49. The first-order chi connectivity index (χ1) is 12.8. The molecule has 0 saturated heterocycles. The summed E-state index contributed by atoms with van der Waals surface area (Å²) >= 11 is 0. The number of carbonyl (C=O) groups excluding carboxylic acids is 1. The molecular formula is C21H18N2O3. The third-order valence-corrected chi connectivity index (χ3v) is 4.18. The summed E-state index contributed by atoms with van der Waals surface area (Å²) in [5.74, 6) is 0.350. The number of nitrogens with zero attached hydrogens (tertiary/aromatic N) is 2. The molecule has 0 aliphatic carbocycles. The lowest BCUT2D eigenvalue weighted by molar-refractivity contribution is 0.0526. The second-order valence-electron chi connectivity index (χ2n) is 5.84. The predicted molar refractivity (Wildman–Crippen MR) is 99.4 cm³/mol. The van der Waals surface area contributed by atoms with E-state index in [-0.39, 0.29) is 5.97 Å². The summed E-state index contributed by atoms with van der Waals surface area (Å²) in [6.07, 6.45) is 2.02. The first kappa shape index (κ1) is 16.1. The van der Waals surface area contributed by atoms with Gasteiger partial charge < -0.3 is 13.9 Å². The third-order valence-electron chi connectivity index (χ3n) is 4.18. The minimum absolute atomic E-state index is 0.329. The average molecular weight is 346 g/mol. The molecule has 2 heterocycles. The van der Waals surface area contributed by atoms with Crippen LogP contribution in [0, 0.1) is 0 Å². The van der Waals surface area contributed by atoms with E-state index >= 15 is 0 Å². The number of aromatic nitrogens is 2. The van der Waals surface area contributed by atoms with Crippen molar-refractivity contribution in [3.8, 4) is 5.75 Å². The molecule has 0 N–H and O–H groups in total. The molecule has 0 fully saturated rings. The topological polar surface area (TPSA) is 52.8 Å². The van der Waals surface area contributed by atoms with E-state index in [9.17, 15) is 4.79 Å². The first-order valence-corrected chi connectivity index (χ1v) is 8.51. The van der Waals surface area contributed by atoms with Crippen LogP contribution in [0.15, 0.2) is 66.9 Å². The van der Waals surface area contributed by atoms with E-state index in [4.69, 9.17) is 14.5 Å². The van der Waals surface area contributed by atoms with Crippen LogP contribution in [0.3, 0.4) is 0 Å². The zero-order valence-electron chi connectivity index (χ0n) is 14.4. The van der Waals surface area contributed by atoms with Crippen molar-refractivity contribution in [3.05, 3.63) is 78.1 Å². The van der Waals surface area contributed by atoms with Crippen molar-refractivity contribution in [3.63, 3.8) is 0 Å². The predicted octanol–water partition coefficient (Wildman–Crippen LogP) is 4.24. The highest BCUT2D eigenvalue weighted by Crippen LogP contribution is 2.21. The maximum Gasteiger partial charge on any atom is 0.338 e. The minimum Gasteiger partial charge on any atom is -0.487 e. The fourth-order valence-corrected chi connectivity index (χ4v) is 2.95. The third kappa shape index (κ3) is 2.99. The number of para-hydroxylation sites is 2. The van der Waals surface area contributed by atoms with Gasteiger partial charge in [-0.05, 0) is 55.5 Å². The van der Waals surface area contributed by atoms with Crippen LogP contribution in [0.25, 0.3) is 16.6 Å². The summed E-state index contributed by atoms with van der Waals surface area (Å²) < 4.78 is 13.0. The lowest BCUT2D eigenvalue weighted by Crippen LogP contribution is -2.05. The van der Waals surface area contributed by atoms with Crippen LogP contribution in [-0.4, -0.2) is 22.0 Å². The molecule has 0 bridgehead atoms. The van der Waals surface area contributed by atoms with E-state index in [2.05, 4.69) is 4.40 Å². The molecular weight excluding hydrogens is 328 g/mol. The van der Waals surface area contributed by atoms with Crippen LogP contribution >= 0.6 is 0 Å². The molecule has 130 valence electrons. The Labute approximate surface area is 150 Å². The summed E-state index contributed by atoms with van der Waals surface area (Å²) in [7, 11) is 0. The minimum atomic E-state index is -0.329. The van der Waals surface area contributed by atoms with Crippen LogP contribution in [0.2, 0.25) is 0 Å². The quantitative estimate of drug-likeness (QED) is 0.507. The lowest BCUT2D eigenvalue weighted by atomic mass is 10.2. The zero-order valence-corrected chi connectivity index (χ0v) is 14.4. The second-order valence-corrected chi connectivity index (χ2v) is 5.84. The Hall–Kier alpha value is -3.34. The molecule has 0 aliphatic rings. The van der Waals surface area contributed by atoms with E-state index in [1.165, 1.54) is 0 Å². The maximum atomic E-state index is 11.7. The van der Waals surface area contributed by atoms with Gasteiger partial charge in [0.15, 0.2) is 0 Å². The number of hydrogen-bond donors (Lipinski definition) is 0. The Morgan fingerprint density at radius 1 is 1.00 bits per heavy atom. The molecule has 0 aliphatic heterocycles. The van der Waals surface area contributed by atoms with Crippen molar-refractivity contribution in [1.82, 2.24) is 9.38 Å². The highest BCUT2D eigenvalue weighted by molar-refractivity contribution is 5.89. The normalized spacial score (nSPS) is 11.0. The highest BCUT2D eigenvalue weighted by atomic mass is 16.5. The molecule has 0 unspecified atom stereocenters. The smallest absolute Gasteiger partial charge is 0.338 e. The van der Waals surface area contributed by atoms with Gasteiger partial charge in [0.1, 0.15) is 18.1 Å². The van der Waals surface area contributed by atoms with Gasteiger partial charge in [-0.2, -0.15) is 0 Å². The molecule has 5 nitrogen and oxygen atoms in total. The van der Waals surface area contributed by atoms with Gasteiger partial charge in [0.05, 0.1) is 28.7 Å². The molecule has 5 heteroatoms. The zero-order chi connectivity index (χ0) is 17.9. The molecule has 0 atom stereocenters. The van der Waals surface area contributed by atoms with Gasteiger partial charge in [-0.1, -0.05) is 12.1 Å². The monoisotopic (exact) mass is 346 g/mol. The molecule has 2 aromatic carbocycles. The Bertz CT molecular complexity index is 1070. The number of rotatable bonds is 5. The van der Waals surface area contributed by atoms with Crippen molar-refractivity contribution in [2.24, 2.45) is 0 Å². The fraction of sp³-hybridized carbons (Fsp3) is 0.143. The molecule has 4 rings (SSSR count). The van der Waals surface area contributed by atoms with Crippen LogP contribution in [0.4, 0.5) is 0 Å². The Balaban J connectivity index is 1.57. The number of esters is 1. The van der Waals surface area contributed by atoms with E-state index in [0.29, 0.717) is 24.5 Å². The van der Waals surface area contributed by atoms with Crippen molar-refractivity contribution in [2.45, 2.75) is 13.5 Å². The number of hydrogen-bond acceptors (Lipinski definition) is 4. The van der Waals surface area contributed by atoms with Crippen LogP contribution in [0.5, 0.6) is 5.75 Å². The summed E-state index contributed by atoms with van der Waals surface area (Å²) in [5, 5.41) is 0. The maximum absolute atomic E-state index is 11.7. The van der Waals surface area contributed by atoms with Crippen LogP contribution in [-0.2, 0) is 11.3 Å². The second kappa shape index (κ2) is 6.88. The number of benzene rings is 2. The van der Waals surface area contributed by atoms with E-state index in [1.54, 1.807) is 31.2 Å². The van der Waals surface area contributed by atoms with Gasteiger partial charge in [-0.25, -0.2) is 9.78 Å². The summed E-state index contributed by atoms with van der Waals surface area (Å²) in [5.41, 5.74) is 4.38. The van der Waals surface area contributed by atoms with Crippen molar-refractivity contribution < 1.29 is 14.3 Å². The first-order valence-electron chi connectivity index (χ1n) is 8.51. The molecule has 2 aromatic heterocycles. The van der Waals surface area contributed by atoms with Gasteiger partial charge in [0.2, 0.25) is 0 Å². The van der Waals surface area contributed by atoms with Gasteiger partial charge >= 0.3 is 5.97 Å². The van der Waals surface area contributed by atoms with Crippen LogP contribution in [0.1, 0.15) is 23.0 Å². The van der Waals surface area contributed by atoms with Gasteiger partial charge in [-0.3, -0.25) is 0 Å². The largest absolute Gasteiger partial charge is 0.487 e. The Morgan fingerprint density at radius 2 is 1.77 bits per heavy atom. The Morgan fingerprint density at radius 3 is 2.58 bits per heavy atom. The van der Waals surface area contributed by atoms with Crippen LogP contribution < -0.4 is 4.74 Å².